The van der Waals surface area contributed by atoms with E-state index in [1.165, 1.54) is 12.5 Å². The van der Waals surface area contributed by atoms with Gasteiger partial charge in [0.05, 0.1) is 36.5 Å². The second-order valence-electron chi connectivity index (χ2n) is 16.0. The van der Waals surface area contributed by atoms with Gasteiger partial charge in [0.1, 0.15) is 23.5 Å². The number of H-pyrrole nitrogens is 1. The van der Waals surface area contributed by atoms with Crippen molar-refractivity contribution in [1.82, 2.24) is 35.8 Å². The van der Waals surface area contributed by atoms with Gasteiger partial charge in [0, 0.05) is 24.0 Å². The molecule has 1 saturated carbocycles. The number of pyridine rings is 1. The Balaban J connectivity index is 1.32. The van der Waals surface area contributed by atoms with Gasteiger partial charge in [-0.3, -0.25) is 24.1 Å². The average molecular weight is 765 g/mol. The van der Waals surface area contributed by atoms with Crippen LogP contribution in [0.15, 0.2) is 79.3 Å². The molecule has 3 heterocycles. The number of aromatic nitrogens is 3. The van der Waals surface area contributed by atoms with Crippen molar-refractivity contribution in [2.24, 2.45) is 17.6 Å². The molecule has 56 heavy (non-hydrogen) atoms. The number of esters is 1. The fourth-order valence-corrected chi connectivity index (χ4v) is 7.94. The average Bonchev–Trinajstić information content (AvgIpc) is 3.72. The maximum absolute atomic E-state index is 14.3. The van der Waals surface area contributed by atoms with Gasteiger partial charge in [-0.25, -0.2) is 14.8 Å². The first-order valence-electron chi connectivity index (χ1n) is 19.4. The molecule has 14 heteroatoms. The minimum Gasteiger partial charge on any atom is -0.454 e. The molecule has 1 aliphatic carbocycles. The van der Waals surface area contributed by atoms with Gasteiger partial charge >= 0.3 is 5.97 Å². The van der Waals surface area contributed by atoms with Gasteiger partial charge < -0.3 is 31.4 Å². The van der Waals surface area contributed by atoms with Crippen molar-refractivity contribution in [3.8, 4) is 0 Å². The summed E-state index contributed by atoms with van der Waals surface area (Å²) in [5, 5.41) is 9.68. The van der Waals surface area contributed by atoms with E-state index in [9.17, 15) is 24.0 Å². The molecule has 14 nitrogen and oxygen atoms in total. The molecule has 4 amide bonds. The highest BCUT2D eigenvalue weighted by Crippen LogP contribution is 2.39. The SMILES string of the molecule is CC(C)(C)NC(=O)[C@@H]1C[C@@H]2CCCC[C@@H]2CN1C[C@@H](OC(=O)c1cnc[nH]1)[C@H](Cc1ccccc1)NC(=O)[C@H](CC(N)=O)NC(=O)c1ccc2ccccc2n1. The molecule has 0 bridgehead atoms. The highest BCUT2D eigenvalue weighted by molar-refractivity contribution is 5.99. The molecule has 6 atom stereocenters. The van der Waals surface area contributed by atoms with E-state index in [4.69, 9.17) is 10.5 Å². The fraction of sp³-hybridized carbons (Fsp3) is 0.452. The van der Waals surface area contributed by atoms with Crippen molar-refractivity contribution in [2.45, 2.75) is 95.5 Å². The van der Waals surface area contributed by atoms with Crippen LogP contribution in [0.2, 0.25) is 0 Å². The summed E-state index contributed by atoms with van der Waals surface area (Å²) in [6.07, 6.45) is 6.47. The highest BCUT2D eigenvalue weighted by atomic mass is 16.5. The van der Waals surface area contributed by atoms with E-state index in [2.05, 4.69) is 35.8 Å². The topological polar surface area (TPSA) is 202 Å². The zero-order valence-corrected chi connectivity index (χ0v) is 32.2. The zero-order chi connectivity index (χ0) is 39.8. The third kappa shape index (κ3) is 10.6. The van der Waals surface area contributed by atoms with E-state index in [0.29, 0.717) is 30.3 Å². The van der Waals surface area contributed by atoms with Crippen molar-refractivity contribution in [3.05, 3.63) is 96.2 Å². The number of aromatic amines is 1. The highest BCUT2D eigenvalue weighted by Gasteiger charge is 2.43. The van der Waals surface area contributed by atoms with Crippen molar-refractivity contribution in [1.29, 1.82) is 0 Å². The van der Waals surface area contributed by atoms with Gasteiger partial charge in [0.2, 0.25) is 17.7 Å². The van der Waals surface area contributed by atoms with Crippen LogP contribution in [-0.4, -0.2) is 92.3 Å². The summed E-state index contributed by atoms with van der Waals surface area (Å²) in [5.41, 5.74) is 6.75. The Morgan fingerprint density at radius 2 is 1.68 bits per heavy atom. The van der Waals surface area contributed by atoms with Gasteiger partial charge in [-0.15, -0.1) is 0 Å². The van der Waals surface area contributed by atoms with Crippen LogP contribution in [0.1, 0.15) is 85.8 Å². The molecule has 6 rings (SSSR count). The van der Waals surface area contributed by atoms with Crippen molar-refractivity contribution in [3.63, 3.8) is 0 Å². The molecule has 2 aromatic heterocycles. The van der Waals surface area contributed by atoms with Gasteiger partial charge in [-0.1, -0.05) is 73.9 Å². The Morgan fingerprint density at radius 1 is 0.946 bits per heavy atom. The summed E-state index contributed by atoms with van der Waals surface area (Å²) in [4.78, 5) is 81.1. The van der Waals surface area contributed by atoms with E-state index in [0.717, 1.165) is 36.6 Å². The number of nitrogens with one attached hydrogen (secondary N) is 4. The lowest BCUT2D eigenvalue weighted by atomic mass is 9.72. The largest absolute Gasteiger partial charge is 0.454 e. The van der Waals surface area contributed by atoms with Crippen LogP contribution in [-0.2, 0) is 25.5 Å². The van der Waals surface area contributed by atoms with Gasteiger partial charge in [-0.2, -0.15) is 0 Å². The van der Waals surface area contributed by atoms with Gasteiger partial charge in [0.25, 0.3) is 5.91 Å². The monoisotopic (exact) mass is 764 g/mol. The molecule has 0 spiro atoms. The quantitative estimate of drug-likeness (QED) is 0.119. The number of hydrogen-bond acceptors (Lipinski definition) is 9. The molecular formula is C42H52N8O6. The number of piperidine rings is 1. The van der Waals surface area contributed by atoms with E-state index < -0.39 is 59.9 Å². The lowest BCUT2D eigenvalue weighted by molar-refractivity contribution is -0.133. The number of primary amides is 1. The minimum atomic E-state index is -1.38. The molecule has 2 aromatic carbocycles. The first-order valence-corrected chi connectivity index (χ1v) is 19.4. The number of benzene rings is 2. The number of imidazole rings is 1. The van der Waals surface area contributed by atoms with Crippen LogP contribution in [0.25, 0.3) is 10.9 Å². The van der Waals surface area contributed by atoms with Crippen LogP contribution >= 0.6 is 0 Å². The number of amides is 4. The number of nitrogens with zero attached hydrogens (tertiary/aromatic N) is 3. The van der Waals surface area contributed by atoms with Crippen molar-refractivity contribution < 1.29 is 28.7 Å². The Morgan fingerprint density at radius 3 is 2.39 bits per heavy atom. The Kier molecular flexibility index (Phi) is 12.8. The molecule has 296 valence electrons. The lowest BCUT2D eigenvalue weighted by Gasteiger charge is -2.47. The van der Waals surface area contributed by atoms with Crippen LogP contribution in [0.5, 0.6) is 0 Å². The summed E-state index contributed by atoms with van der Waals surface area (Å²) in [7, 11) is 0. The molecule has 2 fully saturated rings. The molecule has 4 aromatic rings. The fourth-order valence-electron chi connectivity index (χ4n) is 7.94. The number of carbonyl (C=O) groups excluding carboxylic acids is 5. The Bertz CT molecular complexity index is 2000. The van der Waals surface area contributed by atoms with Crippen LogP contribution < -0.4 is 21.7 Å². The van der Waals surface area contributed by atoms with Gasteiger partial charge in [0.15, 0.2) is 0 Å². The zero-order valence-electron chi connectivity index (χ0n) is 32.2. The number of rotatable bonds is 14. The number of ether oxygens (including phenoxy) is 1. The molecule has 2 aliphatic rings. The number of nitrogens with two attached hydrogens (primary N) is 1. The standard InChI is InChI=1S/C42H52N8O6/c1-42(2,3)49-40(54)35-20-28-14-7-8-15-29(28)23-50(35)24-36(56-41(55)34-22-44-25-45-34)32(19-26-11-5-4-6-12-26)47-39(53)33(21-37(43)51)48-38(52)31-18-17-27-13-9-10-16-30(27)46-31/h4-6,9-13,16-18,22,25,28-29,32-33,35-36H,7-8,14-15,19-21,23-24H2,1-3H3,(H2,43,51)(H,44,45)(H,47,53)(H,48,52)(H,49,54)/t28-,29+,32-,33-,35-,36+/m0/s1. The maximum atomic E-state index is 14.3. The number of likely N-dealkylation sites (tertiary alicyclic amines) is 1. The minimum absolute atomic E-state index is 0.0591. The normalized spacial score (nSPS) is 20.2. The molecule has 1 saturated heterocycles. The molecule has 6 N–H and O–H groups in total. The molecule has 1 aliphatic heterocycles. The smallest absolute Gasteiger partial charge is 0.356 e. The summed E-state index contributed by atoms with van der Waals surface area (Å²) >= 11 is 0. The van der Waals surface area contributed by atoms with Crippen LogP contribution in [0.3, 0.4) is 0 Å². The van der Waals surface area contributed by atoms with Crippen LogP contribution in [0, 0.1) is 11.8 Å². The maximum Gasteiger partial charge on any atom is 0.356 e. The molecular weight excluding hydrogens is 713 g/mol. The van der Waals surface area contributed by atoms with Crippen molar-refractivity contribution >= 4 is 40.5 Å². The van der Waals surface area contributed by atoms with E-state index in [-0.39, 0.29) is 30.3 Å². The van der Waals surface area contributed by atoms with E-state index >= 15 is 0 Å². The lowest BCUT2D eigenvalue weighted by Crippen LogP contribution is -2.61. The number of para-hydroxylation sites is 1. The second kappa shape index (κ2) is 17.9. The summed E-state index contributed by atoms with van der Waals surface area (Å²) in [5.74, 6) is -2.19. The van der Waals surface area contributed by atoms with E-state index in [1.54, 1.807) is 24.3 Å². The summed E-state index contributed by atoms with van der Waals surface area (Å²) < 4.78 is 6.26. The third-order valence-electron chi connectivity index (χ3n) is 10.6. The summed E-state index contributed by atoms with van der Waals surface area (Å²) in [6.45, 7) is 6.57. The number of carbonyl (C=O) groups is 5. The van der Waals surface area contributed by atoms with Crippen molar-refractivity contribution in [2.75, 3.05) is 13.1 Å². The van der Waals surface area contributed by atoms with E-state index in [1.807, 2.05) is 63.2 Å². The predicted octanol–water partition coefficient (Wildman–Crippen LogP) is 3.68. The van der Waals surface area contributed by atoms with Crippen LogP contribution in [0.4, 0.5) is 0 Å². The predicted molar refractivity (Wildman–Crippen MR) is 210 cm³/mol. The first-order chi connectivity index (χ1) is 26.8. The third-order valence-corrected chi connectivity index (χ3v) is 10.6. The summed E-state index contributed by atoms with van der Waals surface area (Å²) in [6, 6.07) is 17.3. The Hall–Kier alpha value is -5.63. The first kappa shape index (κ1) is 40.0. The molecule has 0 unspecified atom stereocenters. The molecule has 0 radical (unpaired) electrons. The number of hydrogen-bond donors (Lipinski definition) is 5. The number of fused-ring (bicyclic) bond motifs is 2. The van der Waals surface area contributed by atoms with Gasteiger partial charge in [-0.05, 0) is 69.6 Å². The second-order valence-corrected chi connectivity index (χ2v) is 16.0. The Labute approximate surface area is 326 Å².